The molecule has 3 aliphatic rings. The van der Waals surface area contributed by atoms with Crippen LogP contribution in [0.5, 0.6) is 0 Å². The summed E-state index contributed by atoms with van der Waals surface area (Å²) in [6.07, 6.45) is 6.20. The topological polar surface area (TPSA) is 54.3 Å². The molecule has 3 fully saturated rings. The number of likely N-dealkylation sites (tertiary alicyclic amines) is 2. The number of aryl methyl sites for hydroxylation is 2. The van der Waals surface area contributed by atoms with Crippen molar-refractivity contribution in [3.63, 3.8) is 0 Å². The molecule has 0 bridgehead atoms. The third-order valence-corrected chi connectivity index (χ3v) is 7.96. The van der Waals surface area contributed by atoms with Gasteiger partial charge in [0.15, 0.2) is 0 Å². The van der Waals surface area contributed by atoms with Crippen LogP contribution in [0.1, 0.15) is 47.2 Å². The summed E-state index contributed by atoms with van der Waals surface area (Å²) in [4.78, 5) is 20.4. The van der Waals surface area contributed by atoms with E-state index in [1.54, 1.807) is 6.33 Å². The largest absolute Gasteiger partial charge is 0.341 e. The zero-order chi connectivity index (χ0) is 19.3. The highest BCUT2D eigenvalue weighted by molar-refractivity contribution is 7.11. The van der Waals surface area contributed by atoms with Crippen LogP contribution in [-0.4, -0.2) is 56.7 Å². The van der Waals surface area contributed by atoms with Crippen LogP contribution < -0.4 is 0 Å². The predicted molar refractivity (Wildman–Crippen MR) is 116 cm³/mol. The van der Waals surface area contributed by atoms with Gasteiger partial charge in [0.05, 0.1) is 0 Å². The molecule has 4 heterocycles. The van der Waals surface area contributed by atoms with Gasteiger partial charge in [-0.15, -0.1) is 33.9 Å². The molecule has 2 saturated heterocycles. The molecule has 1 spiro atoms. The predicted octanol–water partition coefficient (Wildman–Crippen LogP) is 3.23. The normalized spacial score (nSPS) is 24.1. The summed E-state index contributed by atoms with van der Waals surface area (Å²) >= 11 is 1.90. The van der Waals surface area contributed by atoms with Gasteiger partial charge < -0.3 is 9.47 Å². The van der Waals surface area contributed by atoms with E-state index < -0.39 is 0 Å². The number of halogens is 1. The van der Waals surface area contributed by atoms with Crippen molar-refractivity contribution in [2.45, 2.75) is 45.1 Å². The van der Waals surface area contributed by atoms with Crippen molar-refractivity contribution in [2.75, 3.05) is 26.2 Å². The molecular formula is C21H30ClN5OS. The van der Waals surface area contributed by atoms with E-state index in [9.17, 15) is 4.79 Å². The Labute approximate surface area is 182 Å². The summed E-state index contributed by atoms with van der Waals surface area (Å²) < 4.78 is 2.05. The maximum atomic E-state index is 12.8. The van der Waals surface area contributed by atoms with E-state index in [0.29, 0.717) is 11.8 Å². The Morgan fingerprint density at radius 3 is 2.62 bits per heavy atom. The van der Waals surface area contributed by atoms with Crippen LogP contribution in [-0.2, 0) is 18.4 Å². The number of carbonyl (C=O) groups is 1. The highest BCUT2D eigenvalue weighted by Crippen LogP contribution is 2.50. The first-order valence-corrected chi connectivity index (χ1v) is 11.3. The van der Waals surface area contributed by atoms with Crippen LogP contribution in [0, 0.1) is 18.3 Å². The Bertz CT molecular complexity index is 868. The van der Waals surface area contributed by atoms with E-state index >= 15 is 0 Å². The lowest BCUT2D eigenvalue weighted by molar-refractivity contribution is -0.132. The highest BCUT2D eigenvalue weighted by Gasteiger charge is 2.52. The van der Waals surface area contributed by atoms with Crippen molar-refractivity contribution in [3.05, 3.63) is 34.0 Å². The van der Waals surface area contributed by atoms with E-state index in [2.05, 4.69) is 43.6 Å². The molecule has 158 valence electrons. The Hall–Kier alpha value is -1.44. The molecular weight excluding hydrogens is 406 g/mol. The van der Waals surface area contributed by atoms with Gasteiger partial charge in [0.2, 0.25) is 5.91 Å². The van der Waals surface area contributed by atoms with Crippen molar-refractivity contribution in [2.24, 2.45) is 18.4 Å². The molecule has 6 nitrogen and oxygen atoms in total. The minimum Gasteiger partial charge on any atom is -0.341 e. The quantitative estimate of drug-likeness (QED) is 0.739. The van der Waals surface area contributed by atoms with Crippen LogP contribution >= 0.6 is 23.7 Å². The Morgan fingerprint density at radius 1 is 1.28 bits per heavy atom. The van der Waals surface area contributed by atoms with Gasteiger partial charge in [-0.3, -0.25) is 9.69 Å². The third kappa shape index (κ3) is 3.97. The summed E-state index contributed by atoms with van der Waals surface area (Å²) in [7, 11) is 2.03. The molecule has 1 unspecified atom stereocenters. The van der Waals surface area contributed by atoms with Gasteiger partial charge in [-0.2, -0.15) is 0 Å². The second kappa shape index (κ2) is 8.00. The van der Waals surface area contributed by atoms with Gasteiger partial charge in [-0.1, -0.05) is 0 Å². The van der Waals surface area contributed by atoms with Crippen LogP contribution in [0.2, 0.25) is 0 Å². The smallest absolute Gasteiger partial charge is 0.225 e. The van der Waals surface area contributed by atoms with Gasteiger partial charge in [0.1, 0.15) is 12.2 Å². The summed E-state index contributed by atoms with van der Waals surface area (Å²) in [5.74, 6) is 2.01. The zero-order valence-corrected chi connectivity index (χ0v) is 18.8. The highest BCUT2D eigenvalue weighted by atomic mass is 35.5. The average molecular weight is 436 g/mol. The SMILES string of the molecule is Cc1ccc(CN2CCC3(CC2)CN(C(=O)C2CC2)CC3c2nncn2C)s1.Cl. The molecule has 2 aliphatic heterocycles. The summed E-state index contributed by atoms with van der Waals surface area (Å²) in [6, 6.07) is 4.48. The Morgan fingerprint density at radius 2 is 2.03 bits per heavy atom. The summed E-state index contributed by atoms with van der Waals surface area (Å²) in [5.41, 5.74) is 0.146. The van der Waals surface area contributed by atoms with E-state index in [1.165, 1.54) is 9.75 Å². The number of aromatic nitrogens is 3. The summed E-state index contributed by atoms with van der Waals surface area (Å²) in [5, 5.41) is 8.59. The van der Waals surface area contributed by atoms with Gasteiger partial charge in [0, 0.05) is 53.7 Å². The molecule has 29 heavy (non-hydrogen) atoms. The van der Waals surface area contributed by atoms with Crippen LogP contribution in [0.25, 0.3) is 0 Å². The van der Waals surface area contributed by atoms with Crippen LogP contribution in [0.3, 0.4) is 0 Å². The van der Waals surface area contributed by atoms with Gasteiger partial charge in [-0.25, -0.2) is 0 Å². The molecule has 5 rings (SSSR count). The maximum Gasteiger partial charge on any atom is 0.225 e. The molecule has 1 aliphatic carbocycles. The first-order chi connectivity index (χ1) is 13.5. The third-order valence-electron chi connectivity index (χ3n) is 6.97. The Kier molecular flexibility index (Phi) is 5.75. The molecule has 1 atom stereocenters. The number of rotatable bonds is 4. The van der Waals surface area contributed by atoms with Crippen LogP contribution in [0.4, 0.5) is 0 Å². The molecule has 1 amide bonds. The molecule has 0 aromatic carbocycles. The molecule has 1 saturated carbocycles. The number of hydrogen-bond acceptors (Lipinski definition) is 5. The number of piperidine rings is 1. The minimum absolute atomic E-state index is 0. The van der Waals surface area contributed by atoms with Crippen molar-refractivity contribution in [1.29, 1.82) is 0 Å². The van der Waals surface area contributed by atoms with E-state index in [0.717, 1.165) is 64.2 Å². The first kappa shape index (κ1) is 20.8. The van der Waals surface area contributed by atoms with Gasteiger partial charge in [0.25, 0.3) is 0 Å². The molecule has 2 aromatic rings. The average Bonchev–Trinajstić information content (AvgIpc) is 3.18. The molecule has 0 radical (unpaired) electrons. The number of thiophene rings is 1. The van der Waals surface area contributed by atoms with Crippen molar-refractivity contribution in [3.8, 4) is 0 Å². The molecule has 0 N–H and O–H groups in total. The standard InChI is InChI=1S/C21H29N5OS.ClH/c1-15-3-6-17(28-15)11-25-9-7-21(8-10-25)13-26(20(27)16-4-5-16)12-18(21)19-23-22-14-24(19)2;/h3,6,14,16,18H,4-5,7-13H2,1-2H3;1H. The maximum absolute atomic E-state index is 12.8. The second-order valence-electron chi connectivity index (χ2n) is 9.00. The Balaban J connectivity index is 0.00000205. The van der Waals surface area contributed by atoms with Crippen LogP contribution in [0.15, 0.2) is 18.5 Å². The first-order valence-electron chi connectivity index (χ1n) is 10.4. The lowest BCUT2D eigenvalue weighted by Gasteiger charge is -2.42. The fourth-order valence-electron chi connectivity index (χ4n) is 5.14. The second-order valence-corrected chi connectivity index (χ2v) is 10.4. The summed E-state index contributed by atoms with van der Waals surface area (Å²) in [6.45, 7) is 7.12. The van der Waals surface area contributed by atoms with Crippen molar-refractivity contribution < 1.29 is 4.79 Å². The van der Waals surface area contributed by atoms with Gasteiger partial charge >= 0.3 is 0 Å². The van der Waals surface area contributed by atoms with Crippen molar-refractivity contribution >= 4 is 29.7 Å². The zero-order valence-electron chi connectivity index (χ0n) is 17.2. The van der Waals surface area contributed by atoms with E-state index in [4.69, 9.17) is 0 Å². The van der Waals surface area contributed by atoms with E-state index in [-0.39, 0.29) is 23.7 Å². The lowest BCUT2D eigenvalue weighted by Crippen LogP contribution is -2.44. The molecule has 8 heteroatoms. The van der Waals surface area contributed by atoms with E-state index in [1.807, 2.05) is 18.4 Å². The number of amides is 1. The van der Waals surface area contributed by atoms with Gasteiger partial charge in [-0.05, 0) is 57.8 Å². The number of carbonyl (C=O) groups excluding carboxylic acids is 1. The fraction of sp³-hybridized carbons (Fsp3) is 0.667. The lowest BCUT2D eigenvalue weighted by atomic mass is 9.70. The monoisotopic (exact) mass is 435 g/mol. The number of nitrogens with zero attached hydrogens (tertiary/aromatic N) is 5. The van der Waals surface area contributed by atoms with Crippen molar-refractivity contribution in [1.82, 2.24) is 24.6 Å². The fourth-order valence-corrected chi connectivity index (χ4v) is 6.07. The molecule has 2 aromatic heterocycles. The number of hydrogen-bond donors (Lipinski definition) is 0. The minimum atomic E-state index is 0.